The van der Waals surface area contributed by atoms with Crippen LogP contribution in [0.15, 0.2) is 0 Å². The molecule has 0 aromatic heterocycles. The Hall–Kier alpha value is -0.130. The maximum absolute atomic E-state index is 11.4. The molecule has 128 valence electrons. The summed E-state index contributed by atoms with van der Waals surface area (Å²) >= 11 is 0. The van der Waals surface area contributed by atoms with Crippen molar-refractivity contribution in [3.05, 3.63) is 0 Å². The molecule has 2 unspecified atom stereocenters. The number of aliphatic hydroxyl groups excluding tert-OH is 1. The van der Waals surface area contributed by atoms with Gasteiger partial charge in [0, 0.05) is 0 Å². The van der Waals surface area contributed by atoms with Crippen LogP contribution in [0, 0.1) is 0 Å². The summed E-state index contributed by atoms with van der Waals surface area (Å²) in [6, 6.07) is 0. The SMILES string of the molecule is CCCCCCC(CCCCCCCC(C)O)S(=O)(=O)O. The molecule has 0 amide bonds. The number of aliphatic hydroxyl groups is 1. The minimum atomic E-state index is -3.89. The van der Waals surface area contributed by atoms with Gasteiger partial charge in [-0.15, -0.1) is 0 Å². The van der Waals surface area contributed by atoms with Gasteiger partial charge in [-0.1, -0.05) is 64.7 Å². The highest BCUT2D eigenvalue weighted by atomic mass is 32.2. The monoisotopic (exact) mass is 322 g/mol. The maximum atomic E-state index is 11.4. The summed E-state index contributed by atoms with van der Waals surface area (Å²) in [4.78, 5) is 0. The van der Waals surface area contributed by atoms with Crippen LogP contribution in [0.2, 0.25) is 0 Å². The highest BCUT2D eigenvalue weighted by Crippen LogP contribution is 2.18. The third kappa shape index (κ3) is 13.3. The van der Waals surface area contributed by atoms with Gasteiger partial charge < -0.3 is 5.11 Å². The van der Waals surface area contributed by atoms with Gasteiger partial charge in [0.1, 0.15) is 0 Å². The van der Waals surface area contributed by atoms with Gasteiger partial charge in [-0.25, -0.2) is 0 Å². The van der Waals surface area contributed by atoms with Crippen LogP contribution in [0.3, 0.4) is 0 Å². The van der Waals surface area contributed by atoms with Crippen LogP contribution in [0.5, 0.6) is 0 Å². The molecule has 0 aromatic rings. The number of hydrogen-bond donors (Lipinski definition) is 2. The van der Waals surface area contributed by atoms with Gasteiger partial charge >= 0.3 is 0 Å². The molecule has 5 heteroatoms. The largest absolute Gasteiger partial charge is 0.393 e. The van der Waals surface area contributed by atoms with E-state index in [1.807, 2.05) is 0 Å². The van der Waals surface area contributed by atoms with E-state index in [0.29, 0.717) is 12.8 Å². The lowest BCUT2D eigenvalue weighted by Gasteiger charge is -2.13. The first-order valence-corrected chi connectivity index (χ1v) is 10.0. The van der Waals surface area contributed by atoms with E-state index in [4.69, 9.17) is 5.11 Å². The minimum Gasteiger partial charge on any atom is -0.393 e. The topological polar surface area (TPSA) is 74.6 Å². The Morgan fingerprint density at radius 3 is 1.67 bits per heavy atom. The quantitative estimate of drug-likeness (QED) is 0.369. The van der Waals surface area contributed by atoms with Crippen LogP contribution in [0.4, 0.5) is 0 Å². The number of rotatable bonds is 14. The summed E-state index contributed by atoms with van der Waals surface area (Å²) in [5.74, 6) is 0. The van der Waals surface area contributed by atoms with E-state index in [2.05, 4.69) is 6.92 Å². The predicted octanol–water partition coefficient (Wildman–Crippen LogP) is 4.32. The fourth-order valence-electron chi connectivity index (χ4n) is 2.58. The fraction of sp³-hybridized carbons (Fsp3) is 1.00. The smallest absolute Gasteiger partial charge is 0.267 e. The lowest BCUT2D eigenvalue weighted by molar-refractivity contribution is 0.180. The standard InChI is InChI=1S/C16H34O4S/c1-3-4-5-10-13-16(21(18,19)20)14-11-8-6-7-9-12-15(2)17/h15-17H,3-14H2,1-2H3,(H,18,19,20). The van der Waals surface area contributed by atoms with Gasteiger partial charge in [-0.2, -0.15) is 8.42 Å². The Morgan fingerprint density at radius 1 is 0.810 bits per heavy atom. The Balaban J connectivity index is 3.77. The Labute approximate surface area is 131 Å². The molecule has 0 fully saturated rings. The minimum absolute atomic E-state index is 0.225. The molecule has 2 atom stereocenters. The second-order valence-corrected chi connectivity index (χ2v) is 7.88. The van der Waals surface area contributed by atoms with Gasteiger partial charge in [0.2, 0.25) is 0 Å². The Bertz CT molecular complexity index is 325. The first-order chi connectivity index (χ1) is 9.88. The average molecular weight is 323 g/mol. The molecular weight excluding hydrogens is 288 g/mol. The van der Waals surface area contributed by atoms with Crippen molar-refractivity contribution >= 4 is 10.1 Å². The van der Waals surface area contributed by atoms with Crippen LogP contribution >= 0.6 is 0 Å². The molecule has 0 aromatic carbocycles. The third-order valence-electron chi connectivity index (χ3n) is 3.95. The van der Waals surface area contributed by atoms with Crippen molar-refractivity contribution in [1.29, 1.82) is 0 Å². The van der Waals surface area contributed by atoms with Gasteiger partial charge in [0.05, 0.1) is 11.4 Å². The van der Waals surface area contributed by atoms with Crippen molar-refractivity contribution in [1.82, 2.24) is 0 Å². The lowest BCUT2D eigenvalue weighted by atomic mass is 10.0. The molecule has 0 saturated carbocycles. The zero-order valence-electron chi connectivity index (χ0n) is 13.8. The van der Waals surface area contributed by atoms with E-state index in [0.717, 1.165) is 64.2 Å². The van der Waals surface area contributed by atoms with E-state index in [1.165, 1.54) is 0 Å². The van der Waals surface area contributed by atoms with E-state index in [-0.39, 0.29) is 6.10 Å². The molecular formula is C16H34O4S. The van der Waals surface area contributed by atoms with Gasteiger partial charge in [-0.3, -0.25) is 4.55 Å². The summed E-state index contributed by atoms with van der Waals surface area (Å²) in [5, 5.41) is 8.57. The molecule has 0 aliphatic rings. The zero-order valence-corrected chi connectivity index (χ0v) is 14.6. The summed E-state index contributed by atoms with van der Waals surface area (Å²) in [6.45, 7) is 3.92. The van der Waals surface area contributed by atoms with Crippen molar-refractivity contribution in [3.8, 4) is 0 Å². The molecule has 0 heterocycles. The molecule has 21 heavy (non-hydrogen) atoms. The molecule has 0 bridgehead atoms. The van der Waals surface area contributed by atoms with Gasteiger partial charge in [-0.05, 0) is 26.2 Å². The van der Waals surface area contributed by atoms with E-state index >= 15 is 0 Å². The van der Waals surface area contributed by atoms with E-state index in [1.54, 1.807) is 6.92 Å². The van der Waals surface area contributed by atoms with Crippen molar-refractivity contribution in [2.75, 3.05) is 0 Å². The summed E-state index contributed by atoms with van der Waals surface area (Å²) in [7, 11) is -3.89. The molecule has 0 spiro atoms. The average Bonchev–Trinajstić information content (AvgIpc) is 2.38. The zero-order chi connectivity index (χ0) is 16.1. The van der Waals surface area contributed by atoms with Crippen LogP contribution in [0.1, 0.15) is 90.9 Å². The van der Waals surface area contributed by atoms with Crippen molar-refractivity contribution < 1.29 is 18.1 Å². The second kappa shape index (κ2) is 12.4. The van der Waals surface area contributed by atoms with Crippen LogP contribution in [-0.4, -0.2) is 29.4 Å². The van der Waals surface area contributed by atoms with Gasteiger partial charge in [0.25, 0.3) is 10.1 Å². The molecule has 4 nitrogen and oxygen atoms in total. The molecule has 0 radical (unpaired) electrons. The first-order valence-electron chi connectivity index (χ1n) is 8.52. The molecule has 0 rings (SSSR count). The van der Waals surface area contributed by atoms with Crippen molar-refractivity contribution in [2.45, 2.75) is 102 Å². The summed E-state index contributed by atoms with van der Waals surface area (Å²) in [6.07, 6.45) is 11.0. The normalized spacial score (nSPS) is 15.0. The van der Waals surface area contributed by atoms with Crippen molar-refractivity contribution in [3.63, 3.8) is 0 Å². The highest BCUT2D eigenvalue weighted by Gasteiger charge is 2.21. The maximum Gasteiger partial charge on any atom is 0.267 e. The summed E-state index contributed by atoms with van der Waals surface area (Å²) < 4.78 is 32.0. The number of unbranched alkanes of at least 4 members (excludes halogenated alkanes) is 7. The van der Waals surface area contributed by atoms with E-state index in [9.17, 15) is 13.0 Å². The Kier molecular flexibility index (Phi) is 12.3. The molecule has 2 N–H and O–H groups in total. The predicted molar refractivity (Wildman–Crippen MR) is 88.1 cm³/mol. The number of hydrogen-bond acceptors (Lipinski definition) is 3. The van der Waals surface area contributed by atoms with Crippen LogP contribution < -0.4 is 0 Å². The third-order valence-corrected chi connectivity index (χ3v) is 5.26. The second-order valence-electron chi connectivity index (χ2n) is 6.18. The van der Waals surface area contributed by atoms with Crippen LogP contribution in [-0.2, 0) is 10.1 Å². The van der Waals surface area contributed by atoms with Gasteiger partial charge in [0.15, 0.2) is 0 Å². The molecule has 0 saturated heterocycles. The highest BCUT2D eigenvalue weighted by molar-refractivity contribution is 7.86. The van der Waals surface area contributed by atoms with Crippen molar-refractivity contribution in [2.24, 2.45) is 0 Å². The molecule has 0 aliphatic carbocycles. The molecule has 0 aliphatic heterocycles. The lowest BCUT2D eigenvalue weighted by Crippen LogP contribution is -2.20. The fourth-order valence-corrected chi connectivity index (χ4v) is 3.51. The summed E-state index contributed by atoms with van der Waals surface area (Å²) in [5.41, 5.74) is 0. The van der Waals surface area contributed by atoms with E-state index < -0.39 is 15.4 Å². The Morgan fingerprint density at radius 2 is 1.24 bits per heavy atom. The van der Waals surface area contributed by atoms with Crippen LogP contribution in [0.25, 0.3) is 0 Å². The first kappa shape index (κ1) is 20.9.